The first-order chi connectivity index (χ1) is 20.4. The summed E-state index contributed by atoms with van der Waals surface area (Å²) in [6.07, 6.45) is 5.38. The van der Waals surface area contributed by atoms with Crippen LogP contribution in [-0.4, -0.2) is 41.9 Å². The highest BCUT2D eigenvalue weighted by Gasteiger charge is 2.25. The number of nitrogens with one attached hydrogen (secondary N) is 2. The fourth-order valence-electron chi connectivity index (χ4n) is 5.37. The second-order valence-electron chi connectivity index (χ2n) is 11.2. The van der Waals surface area contributed by atoms with Gasteiger partial charge in [0.25, 0.3) is 0 Å². The van der Waals surface area contributed by atoms with Crippen molar-refractivity contribution in [3.63, 3.8) is 0 Å². The van der Waals surface area contributed by atoms with E-state index in [1.54, 1.807) is 43.5 Å². The van der Waals surface area contributed by atoms with E-state index in [0.29, 0.717) is 33.8 Å². The first-order valence-corrected chi connectivity index (χ1v) is 16.2. The minimum Gasteiger partial charge on any atom is -0.383 e. The van der Waals surface area contributed by atoms with E-state index >= 15 is 4.39 Å². The Kier molecular flexibility index (Phi) is 9.05. The molecule has 4 aromatic rings. The van der Waals surface area contributed by atoms with Crippen molar-refractivity contribution in [2.24, 2.45) is 0 Å². The molecular formula is C31H35ClF2N6O2S. The Labute approximate surface area is 255 Å². The van der Waals surface area contributed by atoms with Gasteiger partial charge in [-0.1, -0.05) is 41.9 Å². The quantitative estimate of drug-likeness (QED) is 0.176. The molecule has 4 N–H and O–H groups in total. The van der Waals surface area contributed by atoms with Gasteiger partial charge in [0.05, 0.1) is 22.3 Å². The molecule has 0 unspecified atom stereocenters. The molecule has 0 radical (unpaired) electrons. The normalized spacial score (nSPS) is 16.4. The van der Waals surface area contributed by atoms with Crippen molar-refractivity contribution in [3.05, 3.63) is 76.7 Å². The Morgan fingerprint density at radius 2 is 1.95 bits per heavy atom. The summed E-state index contributed by atoms with van der Waals surface area (Å²) in [4.78, 5) is 4.48. The molecule has 0 amide bonds. The minimum absolute atomic E-state index is 0.0396. The Morgan fingerprint density at radius 1 is 1.19 bits per heavy atom. The number of pyridine rings is 1. The van der Waals surface area contributed by atoms with Gasteiger partial charge < -0.3 is 11.1 Å². The molecule has 0 spiro atoms. The fraction of sp³-hybridized carbons (Fsp3) is 0.355. The Morgan fingerprint density at radius 3 is 2.60 bits per heavy atom. The minimum atomic E-state index is -3.94. The molecule has 12 heteroatoms. The number of hydrogen-bond acceptors (Lipinski definition) is 6. The molecule has 5 rings (SSSR count). The summed E-state index contributed by atoms with van der Waals surface area (Å²) in [6, 6.07) is 11.0. The van der Waals surface area contributed by atoms with E-state index in [4.69, 9.17) is 22.4 Å². The molecule has 0 saturated heterocycles. The van der Waals surface area contributed by atoms with E-state index in [2.05, 4.69) is 21.1 Å². The zero-order valence-corrected chi connectivity index (χ0v) is 25.8. The average molecular weight is 629 g/mol. The van der Waals surface area contributed by atoms with Crippen LogP contribution in [0.15, 0.2) is 54.7 Å². The molecule has 0 aliphatic heterocycles. The first-order valence-electron chi connectivity index (χ1n) is 14.2. The summed E-state index contributed by atoms with van der Waals surface area (Å²) < 4.78 is 58.5. The second-order valence-corrected chi connectivity index (χ2v) is 13.3. The summed E-state index contributed by atoms with van der Waals surface area (Å²) in [6.45, 7) is 5.87. The van der Waals surface area contributed by atoms with Gasteiger partial charge in [-0.25, -0.2) is 22.2 Å². The Balaban J connectivity index is 1.48. The van der Waals surface area contributed by atoms with Gasteiger partial charge in [-0.15, -0.1) is 0 Å². The molecule has 0 fully saturated rings. The third-order valence-corrected chi connectivity index (χ3v) is 9.09. The molecule has 2 atom stereocenters. The number of anilines is 2. The number of nitrogen functional groups attached to an aromatic ring is 1. The van der Waals surface area contributed by atoms with Crippen molar-refractivity contribution >= 4 is 49.6 Å². The van der Waals surface area contributed by atoms with Gasteiger partial charge in [-0.05, 0) is 69.4 Å². The fourth-order valence-corrected chi connectivity index (χ4v) is 6.88. The van der Waals surface area contributed by atoms with Gasteiger partial charge in [0.2, 0.25) is 10.0 Å². The SMILES string of the molecule is CC(C)n1nc(-c2ccc(NS(=O)(=O)Cc3ccccc3Cl)c(F)c2)c2c(N)ncc(C3=CC[C@@H](NC[C@@H](C)F)CC3)c21. The molecule has 2 aromatic heterocycles. The van der Waals surface area contributed by atoms with E-state index in [0.717, 1.165) is 35.9 Å². The number of nitrogens with two attached hydrogens (primary N) is 1. The van der Waals surface area contributed by atoms with E-state index in [-0.39, 0.29) is 23.6 Å². The molecule has 2 aromatic carbocycles. The van der Waals surface area contributed by atoms with Crippen molar-refractivity contribution < 1.29 is 17.2 Å². The predicted octanol–water partition coefficient (Wildman–Crippen LogP) is 6.88. The standard InChI is InChI=1S/C31H35ClF2N6O2S/c1-18(2)40-30-24(20-8-11-23(12-9-20)36-15-19(3)33)16-37-31(35)28(30)29(38-40)21-10-13-27(26(34)14-21)39-43(41,42)17-22-6-4-5-7-25(22)32/h4-8,10,13-14,16,18-19,23,36,39H,9,11-12,15,17H2,1-3H3,(H2,35,37)/t19-,23-/m1/s1. The van der Waals surface area contributed by atoms with Crippen LogP contribution in [0.4, 0.5) is 20.3 Å². The van der Waals surface area contributed by atoms with Crippen LogP contribution in [0.3, 0.4) is 0 Å². The molecule has 43 heavy (non-hydrogen) atoms. The van der Waals surface area contributed by atoms with Gasteiger partial charge in [0, 0.05) is 41.0 Å². The smallest absolute Gasteiger partial charge is 0.237 e. The summed E-state index contributed by atoms with van der Waals surface area (Å²) >= 11 is 6.12. The largest absolute Gasteiger partial charge is 0.383 e. The zero-order chi connectivity index (χ0) is 30.9. The highest BCUT2D eigenvalue weighted by molar-refractivity contribution is 7.91. The van der Waals surface area contributed by atoms with Crippen LogP contribution >= 0.6 is 11.6 Å². The van der Waals surface area contributed by atoms with Crippen molar-refractivity contribution in [1.82, 2.24) is 20.1 Å². The van der Waals surface area contributed by atoms with Gasteiger partial charge in [-0.2, -0.15) is 5.10 Å². The van der Waals surface area contributed by atoms with E-state index in [1.165, 1.54) is 12.1 Å². The zero-order valence-electron chi connectivity index (χ0n) is 24.2. The Hall–Kier alpha value is -3.54. The predicted molar refractivity (Wildman–Crippen MR) is 170 cm³/mol. The molecule has 0 saturated carbocycles. The lowest BCUT2D eigenvalue weighted by molar-refractivity contribution is 0.323. The van der Waals surface area contributed by atoms with Gasteiger partial charge >= 0.3 is 0 Å². The summed E-state index contributed by atoms with van der Waals surface area (Å²) in [5.74, 6) is -0.894. The summed E-state index contributed by atoms with van der Waals surface area (Å²) in [5, 5.41) is 9.04. The van der Waals surface area contributed by atoms with Crippen LogP contribution < -0.4 is 15.8 Å². The Bertz CT molecular complexity index is 1790. The summed E-state index contributed by atoms with van der Waals surface area (Å²) in [5.41, 5.74) is 10.3. The summed E-state index contributed by atoms with van der Waals surface area (Å²) in [7, 11) is -3.94. The first kappa shape index (κ1) is 30.9. The number of allylic oxidation sites excluding steroid dienone is 1. The topological polar surface area (TPSA) is 115 Å². The second kappa shape index (κ2) is 12.6. The number of alkyl halides is 1. The lowest BCUT2D eigenvalue weighted by Gasteiger charge is -2.24. The lowest BCUT2D eigenvalue weighted by Crippen LogP contribution is -2.34. The van der Waals surface area contributed by atoms with E-state index in [9.17, 15) is 12.8 Å². The maximum Gasteiger partial charge on any atom is 0.237 e. The van der Waals surface area contributed by atoms with E-state index < -0.39 is 27.8 Å². The molecular weight excluding hydrogens is 594 g/mol. The molecule has 1 aliphatic rings. The number of hydrogen-bond donors (Lipinski definition) is 3. The van der Waals surface area contributed by atoms with Gasteiger partial charge in [0.1, 0.15) is 23.5 Å². The number of nitrogens with zero attached hydrogens (tertiary/aromatic N) is 3. The van der Waals surface area contributed by atoms with Crippen LogP contribution in [0.5, 0.6) is 0 Å². The molecule has 1 aliphatic carbocycles. The van der Waals surface area contributed by atoms with Crippen molar-refractivity contribution in [1.29, 1.82) is 0 Å². The number of halogens is 3. The highest BCUT2D eigenvalue weighted by Crippen LogP contribution is 2.39. The maximum atomic E-state index is 15.4. The number of rotatable bonds is 10. The molecule has 0 bridgehead atoms. The highest BCUT2D eigenvalue weighted by atomic mass is 35.5. The maximum absolute atomic E-state index is 15.4. The van der Waals surface area contributed by atoms with Crippen LogP contribution in [0.25, 0.3) is 27.7 Å². The van der Waals surface area contributed by atoms with E-state index in [1.807, 2.05) is 18.5 Å². The lowest BCUT2D eigenvalue weighted by atomic mass is 9.90. The number of sulfonamides is 1. The van der Waals surface area contributed by atoms with Crippen molar-refractivity contribution in [2.75, 3.05) is 17.0 Å². The number of benzene rings is 2. The number of aromatic nitrogens is 3. The average Bonchev–Trinajstić information content (AvgIpc) is 3.37. The van der Waals surface area contributed by atoms with Gasteiger partial charge in [-0.3, -0.25) is 9.40 Å². The van der Waals surface area contributed by atoms with Crippen LogP contribution in [0.2, 0.25) is 5.02 Å². The molecule has 8 nitrogen and oxygen atoms in total. The molecule has 2 heterocycles. The van der Waals surface area contributed by atoms with Crippen LogP contribution in [0.1, 0.15) is 57.2 Å². The van der Waals surface area contributed by atoms with Crippen molar-refractivity contribution in [2.45, 2.75) is 64.0 Å². The monoisotopic (exact) mass is 628 g/mol. The third kappa shape index (κ3) is 6.84. The van der Waals surface area contributed by atoms with Crippen LogP contribution in [0, 0.1) is 5.82 Å². The third-order valence-electron chi connectivity index (χ3n) is 7.50. The van der Waals surface area contributed by atoms with Crippen molar-refractivity contribution in [3.8, 4) is 11.3 Å². The number of fused-ring (bicyclic) bond motifs is 1. The van der Waals surface area contributed by atoms with Crippen LogP contribution in [-0.2, 0) is 15.8 Å². The molecule has 228 valence electrons. The van der Waals surface area contributed by atoms with Gasteiger partial charge in [0.15, 0.2) is 0 Å².